The number of hydrazone groups is 1. The molecule has 2 aliphatic heterocycles. The van der Waals surface area contributed by atoms with Crippen molar-refractivity contribution in [3.8, 4) is 11.5 Å². The Morgan fingerprint density at radius 2 is 1.88 bits per heavy atom. The minimum Gasteiger partial charge on any atom is -0.497 e. The molecule has 170 valence electrons. The van der Waals surface area contributed by atoms with E-state index >= 15 is 0 Å². The first kappa shape index (κ1) is 22.6. The van der Waals surface area contributed by atoms with E-state index in [1.807, 2.05) is 42.5 Å². The van der Waals surface area contributed by atoms with Crippen molar-refractivity contribution in [2.24, 2.45) is 11.0 Å². The van der Waals surface area contributed by atoms with E-state index in [0.717, 1.165) is 42.8 Å². The molecule has 2 aliphatic rings. The summed E-state index contributed by atoms with van der Waals surface area (Å²) in [6.45, 7) is 4.52. The Morgan fingerprint density at radius 3 is 2.56 bits per heavy atom. The zero-order chi connectivity index (χ0) is 22.7. The SMILES string of the molecule is COc1ccc([C@@H]2CC(c3ccccc3Cl)=NN2C(=O)CN2CCC(C)CC2)c(OC)c1. The Hall–Kier alpha value is -2.57. The van der Waals surface area contributed by atoms with Crippen molar-refractivity contribution in [1.82, 2.24) is 9.91 Å². The molecule has 0 bridgehead atoms. The number of piperidine rings is 1. The summed E-state index contributed by atoms with van der Waals surface area (Å²) < 4.78 is 11.0. The normalized spacial score (nSPS) is 19.7. The Morgan fingerprint density at radius 1 is 1.12 bits per heavy atom. The zero-order valence-electron chi connectivity index (χ0n) is 18.9. The molecule has 0 spiro atoms. The molecule has 0 aliphatic carbocycles. The number of ether oxygens (including phenoxy) is 2. The average Bonchev–Trinajstić information content (AvgIpc) is 3.25. The molecule has 0 aromatic heterocycles. The number of likely N-dealkylation sites (tertiary alicyclic amines) is 1. The lowest BCUT2D eigenvalue weighted by Gasteiger charge is -2.31. The number of benzene rings is 2. The predicted octanol–water partition coefficient (Wildman–Crippen LogP) is 4.77. The van der Waals surface area contributed by atoms with Crippen molar-refractivity contribution >= 4 is 23.2 Å². The number of nitrogens with zero attached hydrogens (tertiary/aromatic N) is 3. The maximum atomic E-state index is 13.4. The number of carbonyl (C=O) groups is 1. The lowest BCUT2D eigenvalue weighted by atomic mass is 9.97. The molecule has 1 atom stereocenters. The summed E-state index contributed by atoms with van der Waals surface area (Å²) in [4.78, 5) is 15.7. The molecule has 0 unspecified atom stereocenters. The molecule has 1 fully saturated rings. The van der Waals surface area contributed by atoms with Gasteiger partial charge in [-0.05, 0) is 50.0 Å². The van der Waals surface area contributed by atoms with Crippen molar-refractivity contribution in [3.63, 3.8) is 0 Å². The van der Waals surface area contributed by atoms with Crippen molar-refractivity contribution in [3.05, 3.63) is 58.6 Å². The summed E-state index contributed by atoms with van der Waals surface area (Å²) in [6, 6.07) is 13.1. The summed E-state index contributed by atoms with van der Waals surface area (Å²) in [5, 5.41) is 7.03. The van der Waals surface area contributed by atoms with Crippen LogP contribution in [0.5, 0.6) is 11.5 Å². The molecule has 1 amide bonds. The summed E-state index contributed by atoms with van der Waals surface area (Å²) >= 11 is 6.46. The van der Waals surface area contributed by atoms with Gasteiger partial charge in [0.15, 0.2) is 0 Å². The van der Waals surface area contributed by atoms with E-state index in [1.165, 1.54) is 0 Å². The van der Waals surface area contributed by atoms with Gasteiger partial charge in [-0.1, -0.05) is 36.7 Å². The van der Waals surface area contributed by atoms with E-state index in [1.54, 1.807) is 19.2 Å². The van der Waals surface area contributed by atoms with Crippen LogP contribution in [0.2, 0.25) is 5.02 Å². The van der Waals surface area contributed by atoms with E-state index in [2.05, 4.69) is 11.8 Å². The molecular weight excluding hydrogens is 426 g/mol. The van der Waals surface area contributed by atoms with Crippen LogP contribution < -0.4 is 9.47 Å². The van der Waals surface area contributed by atoms with E-state index in [0.29, 0.717) is 35.4 Å². The highest BCUT2D eigenvalue weighted by molar-refractivity contribution is 6.34. The molecule has 2 aromatic carbocycles. The standard InChI is InChI=1S/C25H30ClN3O3/c1-17-10-12-28(13-11-17)16-25(30)29-23(20-9-8-18(31-2)14-24(20)32-3)15-22(27-29)19-6-4-5-7-21(19)26/h4-9,14,17,23H,10-13,15-16H2,1-3H3/t23-/m0/s1. The molecule has 4 rings (SSSR count). The number of amides is 1. The Balaban J connectivity index is 1.65. The summed E-state index contributed by atoms with van der Waals surface area (Å²) in [5.74, 6) is 2.09. The van der Waals surface area contributed by atoms with Crippen LogP contribution in [0.4, 0.5) is 0 Å². The van der Waals surface area contributed by atoms with Crippen LogP contribution in [-0.4, -0.2) is 55.4 Å². The fourth-order valence-corrected chi connectivity index (χ4v) is 4.66. The summed E-state index contributed by atoms with van der Waals surface area (Å²) in [7, 11) is 3.25. The first-order valence-corrected chi connectivity index (χ1v) is 11.5. The van der Waals surface area contributed by atoms with Gasteiger partial charge in [0.2, 0.25) is 0 Å². The van der Waals surface area contributed by atoms with Crippen molar-refractivity contribution in [2.45, 2.75) is 32.2 Å². The smallest absolute Gasteiger partial charge is 0.257 e. The molecule has 2 heterocycles. The fraction of sp³-hybridized carbons (Fsp3) is 0.440. The van der Waals surface area contributed by atoms with E-state index < -0.39 is 0 Å². The minimum atomic E-state index is -0.265. The molecule has 7 heteroatoms. The van der Waals surface area contributed by atoms with Crippen LogP contribution in [0, 0.1) is 5.92 Å². The van der Waals surface area contributed by atoms with Gasteiger partial charge in [-0.15, -0.1) is 0 Å². The first-order chi connectivity index (χ1) is 15.5. The van der Waals surface area contributed by atoms with Crippen molar-refractivity contribution in [2.75, 3.05) is 33.9 Å². The van der Waals surface area contributed by atoms with E-state index in [-0.39, 0.29) is 11.9 Å². The van der Waals surface area contributed by atoms with Gasteiger partial charge in [0, 0.05) is 28.6 Å². The number of rotatable bonds is 6. The van der Waals surface area contributed by atoms with Crippen LogP contribution in [0.3, 0.4) is 0 Å². The molecule has 6 nitrogen and oxygen atoms in total. The minimum absolute atomic E-state index is 0.00974. The Bertz CT molecular complexity index is 1000. The third-order valence-corrected chi connectivity index (χ3v) is 6.72. The lowest BCUT2D eigenvalue weighted by molar-refractivity contribution is -0.134. The van der Waals surface area contributed by atoms with Crippen LogP contribution in [-0.2, 0) is 4.79 Å². The highest BCUT2D eigenvalue weighted by Crippen LogP contribution is 2.40. The van der Waals surface area contributed by atoms with Gasteiger partial charge in [0.25, 0.3) is 5.91 Å². The van der Waals surface area contributed by atoms with Gasteiger partial charge in [-0.2, -0.15) is 5.10 Å². The predicted molar refractivity (Wildman–Crippen MR) is 127 cm³/mol. The number of hydrogen-bond acceptors (Lipinski definition) is 5. The molecule has 0 saturated carbocycles. The Kier molecular flexibility index (Phi) is 7.01. The highest BCUT2D eigenvalue weighted by atomic mass is 35.5. The third kappa shape index (κ3) is 4.76. The van der Waals surface area contributed by atoms with Crippen LogP contribution in [0.25, 0.3) is 0 Å². The second-order valence-corrected chi connectivity index (χ2v) is 8.96. The van der Waals surface area contributed by atoms with Crippen LogP contribution in [0.1, 0.15) is 43.4 Å². The van der Waals surface area contributed by atoms with Crippen molar-refractivity contribution in [1.29, 1.82) is 0 Å². The monoisotopic (exact) mass is 455 g/mol. The van der Waals surface area contributed by atoms with Crippen LogP contribution >= 0.6 is 11.6 Å². The van der Waals surface area contributed by atoms with Gasteiger partial charge in [-0.25, -0.2) is 5.01 Å². The maximum absolute atomic E-state index is 13.4. The molecule has 32 heavy (non-hydrogen) atoms. The molecule has 0 N–H and O–H groups in total. The van der Waals surface area contributed by atoms with Gasteiger partial charge < -0.3 is 9.47 Å². The van der Waals surface area contributed by atoms with Gasteiger partial charge in [-0.3, -0.25) is 9.69 Å². The second kappa shape index (κ2) is 9.92. The quantitative estimate of drug-likeness (QED) is 0.629. The molecular formula is C25H30ClN3O3. The molecule has 2 aromatic rings. The summed E-state index contributed by atoms with van der Waals surface area (Å²) in [6.07, 6.45) is 2.81. The molecule has 0 radical (unpaired) electrons. The second-order valence-electron chi connectivity index (χ2n) is 8.55. The van der Waals surface area contributed by atoms with Gasteiger partial charge >= 0.3 is 0 Å². The highest BCUT2D eigenvalue weighted by Gasteiger charge is 2.36. The lowest BCUT2D eigenvalue weighted by Crippen LogP contribution is -2.41. The topological polar surface area (TPSA) is 54.4 Å². The fourth-order valence-electron chi connectivity index (χ4n) is 4.42. The van der Waals surface area contributed by atoms with E-state index in [4.69, 9.17) is 26.2 Å². The van der Waals surface area contributed by atoms with Crippen molar-refractivity contribution < 1.29 is 14.3 Å². The zero-order valence-corrected chi connectivity index (χ0v) is 19.6. The van der Waals surface area contributed by atoms with Crippen LogP contribution in [0.15, 0.2) is 47.6 Å². The number of carbonyl (C=O) groups excluding carboxylic acids is 1. The van der Waals surface area contributed by atoms with E-state index in [9.17, 15) is 4.79 Å². The number of methoxy groups -OCH3 is 2. The molecule has 1 saturated heterocycles. The third-order valence-electron chi connectivity index (χ3n) is 6.39. The van der Waals surface area contributed by atoms with Gasteiger partial charge in [0.1, 0.15) is 11.5 Å². The maximum Gasteiger partial charge on any atom is 0.257 e. The average molecular weight is 456 g/mol. The first-order valence-electron chi connectivity index (χ1n) is 11.1. The largest absolute Gasteiger partial charge is 0.497 e. The summed E-state index contributed by atoms with van der Waals surface area (Å²) in [5.41, 5.74) is 2.56. The number of halogens is 1. The van der Waals surface area contributed by atoms with Gasteiger partial charge in [0.05, 0.1) is 32.5 Å². The Labute approximate surface area is 194 Å². The number of hydrogen-bond donors (Lipinski definition) is 0.